The van der Waals surface area contributed by atoms with Crippen LogP contribution in [-0.4, -0.2) is 15.2 Å². The predicted octanol–water partition coefficient (Wildman–Crippen LogP) is 4.29. The van der Waals surface area contributed by atoms with E-state index in [0.29, 0.717) is 22.2 Å². The Balaban J connectivity index is 1.79. The largest absolute Gasteiger partial charge is 0.339 e. The lowest BCUT2D eigenvalue weighted by Crippen LogP contribution is -2.03. The summed E-state index contributed by atoms with van der Waals surface area (Å²) < 4.78 is 26.1. The molecule has 0 bridgehead atoms. The zero-order valence-electron chi connectivity index (χ0n) is 11.6. The van der Waals surface area contributed by atoms with Gasteiger partial charge in [-0.25, -0.2) is 8.78 Å². The minimum absolute atomic E-state index is 0.214. The van der Waals surface area contributed by atoms with Crippen LogP contribution in [0.15, 0.2) is 48.7 Å². The second kappa shape index (κ2) is 6.53. The number of rotatable bonds is 4. The number of aromatic nitrogens is 3. The molecule has 23 heavy (non-hydrogen) atoms. The number of hydrogen-bond donors (Lipinski definition) is 2. The fourth-order valence-electron chi connectivity index (χ4n) is 1.82. The number of hydrogen-bond acceptors (Lipinski definition) is 5. The molecule has 2 aromatic carbocycles. The lowest BCUT2D eigenvalue weighted by atomic mass is 10.3. The molecule has 0 aliphatic heterocycles. The zero-order chi connectivity index (χ0) is 16.2. The maximum absolute atomic E-state index is 13.2. The maximum Gasteiger partial charge on any atom is 0.249 e. The SMILES string of the molecule is Fc1ccc(Nc2cnnc(Nc3ccccc3Cl)n2)cc1F. The van der Waals surface area contributed by atoms with Gasteiger partial charge in [0.05, 0.1) is 16.9 Å². The summed E-state index contributed by atoms with van der Waals surface area (Å²) in [5.41, 5.74) is 0.967. The van der Waals surface area contributed by atoms with Crippen molar-refractivity contribution >= 4 is 34.7 Å². The highest BCUT2D eigenvalue weighted by molar-refractivity contribution is 6.33. The predicted molar refractivity (Wildman–Crippen MR) is 84.2 cm³/mol. The van der Waals surface area contributed by atoms with Gasteiger partial charge < -0.3 is 10.6 Å². The fourth-order valence-corrected chi connectivity index (χ4v) is 2.00. The quantitative estimate of drug-likeness (QED) is 0.745. The highest BCUT2D eigenvalue weighted by Crippen LogP contribution is 2.23. The van der Waals surface area contributed by atoms with E-state index in [1.807, 2.05) is 6.07 Å². The van der Waals surface area contributed by atoms with Crippen LogP contribution < -0.4 is 10.6 Å². The van der Waals surface area contributed by atoms with Crippen LogP contribution in [-0.2, 0) is 0 Å². The van der Waals surface area contributed by atoms with E-state index in [9.17, 15) is 8.78 Å². The van der Waals surface area contributed by atoms with E-state index in [2.05, 4.69) is 25.8 Å². The molecule has 0 spiro atoms. The van der Waals surface area contributed by atoms with Crippen molar-refractivity contribution in [3.63, 3.8) is 0 Å². The summed E-state index contributed by atoms with van der Waals surface area (Å²) in [6, 6.07) is 10.5. The second-order valence-corrected chi connectivity index (χ2v) is 4.93. The van der Waals surface area contributed by atoms with Crippen molar-refractivity contribution < 1.29 is 8.78 Å². The summed E-state index contributed by atoms with van der Waals surface area (Å²) in [6.07, 6.45) is 1.36. The smallest absolute Gasteiger partial charge is 0.249 e. The van der Waals surface area contributed by atoms with Gasteiger partial charge in [-0.05, 0) is 24.3 Å². The molecule has 0 saturated carbocycles. The van der Waals surface area contributed by atoms with E-state index in [-0.39, 0.29) is 5.95 Å². The van der Waals surface area contributed by atoms with Crippen molar-refractivity contribution in [1.82, 2.24) is 15.2 Å². The average Bonchev–Trinajstić information content (AvgIpc) is 2.54. The molecule has 0 saturated heterocycles. The lowest BCUT2D eigenvalue weighted by molar-refractivity contribution is 0.509. The molecule has 2 N–H and O–H groups in total. The number of nitrogens with one attached hydrogen (secondary N) is 2. The van der Waals surface area contributed by atoms with Crippen LogP contribution in [0.25, 0.3) is 0 Å². The van der Waals surface area contributed by atoms with E-state index >= 15 is 0 Å². The summed E-state index contributed by atoms with van der Waals surface area (Å²) >= 11 is 6.04. The Morgan fingerprint density at radius 1 is 0.957 bits per heavy atom. The first kappa shape index (κ1) is 15.1. The third kappa shape index (κ3) is 3.70. The van der Waals surface area contributed by atoms with Gasteiger partial charge in [0.2, 0.25) is 5.95 Å². The highest BCUT2D eigenvalue weighted by atomic mass is 35.5. The van der Waals surface area contributed by atoms with Crippen LogP contribution in [0.3, 0.4) is 0 Å². The van der Waals surface area contributed by atoms with Gasteiger partial charge in [0.15, 0.2) is 17.5 Å². The molecule has 0 aliphatic rings. The van der Waals surface area contributed by atoms with Gasteiger partial charge in [-0.2, -0.15) is 10.1 Å². The van der Waals surface area contributed by atoms with Crippen LogP contribution in [0.4, 0.5) is 31.9 Å². The van der Waals surface area contributed by atoms with Gasteiger partial charge in [-0.15, -0.1) is 5.10 Å². The number of para-hydroxylation sites is 1. The summed E-state index contributed by atoms with van der Waals surface area (Å²) in [5, 5.41) is 13.9. The van der Waals surface area contributed by atoms with Crippen LogP contribution >= 0.6 is 11.6 Å². The molecule has 3 rings (SSSR count). The first-order valence-corrected chi connectivity index (χ1v) is 6.93. The molecule has 0 aliphatic carbocycles. The third-order valence-corrected chi connectivity index (χ3v) is 3.20. The molecule has 0 atom stereocenters. The van der Waals surface area contributed by atoms with Crippen LogP contribution in [0, 0.1) is 11.6 Å². The van der Waals surface area contributed by atoms with Crippen molar-refractivity contribution in [2.75, 3.05) is 10.6 Å². The lowest BCUT2D eigenvalue weighted by Gasteiger charge is -2.08. The summed E-state index contributed by atoms with van der Waals surface area (Å²) in [4.78, 5) is 4.19. The molecular weight excluding hydrogens is 324 g/mol. The Labute approximate surface area is 135 Å². The second-order valence-electron chi connectivity index (χ2n) is 4.52. The van der Waals surface area contributed by atoms with Crippen molar-refractivity contribution in [1.29, 1.82) is 0 Å². The molecule has 1 aromatic heterocycles. The number of halogens is 3. The van der Waals surface area contributed by atoms with Crippen molar-refractivity contribution in [3.8, 4) is 0 Å². The Hall–Kier alpha value is -2.80. The first-order valence-electron chi connectivity index (χ1n) is 6.55. The maximum atomic E-state index is 13.2. The Morgan fingerprint density at radius 3 is 2.57 bits per heavy atom. The Bertz CT molecular complexity index is 844. The number of nitrogens with zero attached hydrogens (tertiary/aromatic N) is 3. The van der Waals surface area contributed by atoms with E-state index in [4.69, 9.17) is 11.6 Å². The van der Waals surface area contributed by atoms with Gasteiger partial charge in [0.25, 0.3) is 0 Å². The standard InChI is InChI=1S/C15H10ClF2N5/c16-10-3-1-2-4-13(10)21-15-22-14(8-19-23-15)20-9-5-6-11(17)12(18)7-9/h1-8H,(H2,20,21,22,23). The summed E-state index contributed by atoms with van der Waals surface area (Å²) in [5.74, 6) is -1.34. The van der Waals surface area contributed by atoms with Crippen LogP contribution in [0.5, 0.6) is 0 Å². The molecule has 1 heterocycles. The van der Waals surface area contributed by atoms with E-state index in [0.717, 1.165) is 12.1 Å². The Kier molecular flexibility index (Phi) is 4.29. The van der Waals surface area contributed by atoms with E-state index < -0.39 is 11.6 Å². The van der Waals surface area contributed by atoms with E-state index in [1.165, 1.54) is 12.3 Å². The van der Waals surface area contributed by atoms with Gasteiger partial charge in [-0.3, -0.25) is 0 Å². The zero-order valence-corrected chi connectivity index (χ0v) is 12.4. The minimum Gasteiger partial charge on any atom is -0.339 e. The molecule has 116 valence electrons. The molecular formula is C15H10ClF2N5. The van der Waals surface area contributed by atoms with Gasteiger partial charge in [0, 0.05) is 11.8 Å². The normalized spacial score (nSPS) is 10.4. The molecule has 0 radical (unpaired) electrons. The number of benzene rings is 2. The molecule has 8 heteroatoms. The first-order chi connectivity index (χ1) is 11.1. The van der Waals surface area contributed by atoms with Gasteiger partial charge in [0.1, 0.15) is 0 Å². The summed E-state index contributed by atoms with van der Waals surface area (Å²) in [7, 11) is 0. The molecule has 0 unspecified atom stereocenters. The Morgan fingerprint density at radius 2 is 1.78 bits per heavy atom. The van der Waals surface area contributed by atoms with Crippen molar-refractivity contribution in [3.05, 3.63) is 65.3 Å². The number of anilines is 4. The monoisotopic (exact) mass is 333 g/mol. The van der Waals surface area contributed by atoms with Crippen LogP contribution in [0.2, 0.25) is 5.02 Å². The highest BCUT2D eigenvalue weighted by Gasteiger charge is 2.06. The van der Waals surface area contributed by atoms with Crippen LogP contribution in [0.1, 0.15) is 0 Å². The van der Waals surface area contributed by atoms with Crippen molar-refractivity contribution in [2.24, 2.45) is 0 Å². The van der Waals surface area contributed by atoms with E-state index in [1.54, 1.807) is 18.2 Å². The fraction of sp³-hybridized carbons (Fsp3) is 0. The minimum atomic E-state index is -0.952. The molecule has 0 amide bonds. The van der Waals surface area contributed by atoms with Gasteiger partial charge in [-0.1, -0.05) is 23.7 Å². The average molecular weight is 334 g/mol. The molecule has 5 nitrogen and oxygen atoms in total. The topological polar surface area (TPSA) is 62.7 Å². The summed E-state index contributed by atoms with van der Waals surface area (Å²) in [6.45, 7) is 0. The van der Waals surface area contributed by atoms with Crippen molar-refractivity contribution in [2.45, 2.75) is 0 Å². The molecule has 0 fully saturated rings. The molecule has 3 aromatic rings. The third-order valence-electron chi connectivity index (χ3n) is 2.87. The van der Waals surface area contributed by atoms with Gasteiger partial charge >= 0.3 is 0 Å².